The van der Waals surface area contributed by atoms with Crippen LogP contribution in [0.25, 0.3) is 0 Å². The summed E-state index contributed by atoms with van der Waals surface area (Å²) < 4.78 is 0. The maximum absolute atomic E-state index is 2.29. The molecule has 2 heteroatoms. The van der Waals surface area contributed by atoms with Gasteiger partial charge in [-0.05, 0) is 21.1 Å². The zero-order valence-corrected chi connectivity index (χ0v) is 16.1. The zero-order chi connectivity index (χ0) is 14.1. The van der Waals surface area contributed by atoms with Crippen molar-refractivity contribution in [2.45, 2.75) is 90.9 Å². The number of rotatable bonds is 11. The van der Waals surface area contributed by atoms with E-state index >= 15 is 0 Å². The summed E-state index contributed by atoms with van der Waals surface area (Å²) >= 11 is 0. The van der Waals surface area contributed by atoms with E-state index < -0.39 is 0 Å². The van der Waals surface area contributed by atoms with E-state index in [0.717, 1.165) is 0 Å². The van der Waals surface area contributed by atoms with Crippen LogP contribution in [0.1, 0.15) is 90.9 Å². The normalized spacial score (nSPS) is 9.79. The number of nitrogens with zero attached hydrogens (tertiary/aromatic N) is 1. The Morgan fingerprint density at radius 2 is 0.632 bits per heavy atom. The summed E-state index contributed by atoms with van der Waals surface area (Å²) in [5, 5.41) is 0. The van der Waals surface area contributed by atoms with E-state index in [1.54, 1.807) is 0 Å². The van der Waals surface area contributed by atoms with Gasteiger partial charge in [-0.15, -0.1) is 17.0 Å². The number of halogens is 1. The lowest BCUT2D eigenvalue weighted by atomic mass is 10.1. The smallest absolute Gasteiger partial charge is 0.0140 e. The highest BCUT2D eigenvalue weighted by Crippen LogP contribution is 2.11. The van der Waals surface area contributed by atoms with Gasteiger partial charge >= 0.3 is 0 Å². The van der Waals surface area contributed by atoms with Gasteiger partial charge in [-0.2, -0.15) is 0 Å². The van der Waals surface area contributed by atoms with Gasteiger partial charge in [-0.25, -0.2) is 0 Å². The Labute approximate surface area is 134 Å². The molecule has 0 aromatic rings. The standard InChI is InChI=1S/C14H30.C3H9N.BrH/c1-3-5-7-9-11-13-14-12-10-8-6-4-2;1-4(2)3;/h3-14H2,1-2H3;1-3H3;1H. The maximum Gasteiger partial charge on any atom is -0.0140 e. The van der Waals surface area contributed by atoms with Gasteiger partial charge in [0.1, 0.15) is 0 Å². The van der Waals surface area contributed by atoms with E-state index in [4.69, 9.17) is 0 Å². The van der Waals surface area contributed by atoms with Gasteiger partial charge in [0.25, 0.3) is 0 Å². The largest absolute Gasteiger partial charge is 0.312 e. The van der Waals surface area contributed by atoms with Crippen molar-refractivity contribution in [1.29, 1.82) is 0 Å². The fourth-order valence-corrected chi connectivity index (χ4v) is 1.91. The van der Waals surface area contributed by atoms with Crippen LogP contribution in [0, 0.1) is 0 Å². The monoisotopic (exact) mass is 337 g/mol. The second kappa shape index (κ2) is 23.5. The molecule has 1 nitrogen and oxygen atoms in total. The molecule has 0 heterocycles. The number of hydrogen-bond donors (Lipinski definition) is 0. The molecule has 19 heavy (non-hydrogen) atoms. The van der Waals surface area contributed by atoms with Crippen LogP contribution in [0.3, 0.4) is 0 Å². The molecule has 0 radical (unpaired) electrons. The molecular weight excluding hydrogens is 298 g/mol. The van der Waals surface area contributed by atoms with Gasteiger partial charge in [0, 0.05) is 0 Å². The summed E-state index contributed by atoms with van der Waals surface area (Å²) in [6.45, 7) is 4.57. The van der Waals surface area contributed by atoms with Crippen molar-refractivity contribution < 1.29 is 0 Å². The summed E-state index contributed by atoms with van der Waals surface area (Å²) in [5.41, 5.74) is 0. The highest BCUT2D eigenvalue weighted by Gasteiger charge is 1.91. The Bertz CT molecular complexity index is 112. The third-order valence-corrected chi connectivity index (χ3v) is 2.96. The summed E-state index contributed by atoms with van der Waals surface area (Å²) in [7, 11) is 6.00. The first-order valence-corrected chi connectivity index (χ1v) is 8.26. The van der Waals surface area contributed by atoms with Gasteiger partial charge in [0.05, 0.1) is 0 Å². The first kappa shape index (κ1) is 24.5. The number of hydrogen-bond acceptors (Lipinski definition) is 1. The molecule has 0 saturated carbocycles. The molecule has 0 aromatic carbocycles. The van der Waals surface area contributed by atoms with Gasteiger partial charge in [-0.3, -0.25) is 0 Å². The Balaban J connectivity index is -0.000000448. The van der Waals surface area contributed by atoms with Gasteiger partial charge in [0.15, 0.2) is 0 Å². The minimum atomic E-state index is 0. The average Bonchev–Trinajstić information content (AvgIpc) is 2.31. The summed E-state index contributed by atoms with van der Waals surface area (Å²) in [4.78, 5) is 2.00. The van der Waals surface area contributed by atoms with Crippen molar-refractivity contribution in [3.63, 3.8) is 0 Å². The molecule has 0 saturated heterocycles. The molecule has 0 spiro atoms. The van der Waals surface area contributed by atoms with Crippen LogP contribution in [0.5, 0.6) is 0 Å². The Morgan fingerprint density at radius 3 is 0.789 bits per heavy atom. The Kier molecular flexibility index (Phi) is 30.3. The second-order valence-corrected chi connectivity index (χ2v) is 5.88. The highest BCUT2D eigenvalue weighted by atomic mass is 79.9. The SMILES string of the molecule is Br.CCCCCCCCCCCCCC.CN(C)C. The van der Waals surface area contributed by atoms with Crippen molar-refractivity contribution in [2.24, 2.45) is 0 Å². The van der Waals surface area contributed by atoms with Crippen LogP contribution in [-0.2, 0) is 0 Å². The topological polar surface area (TPSA) is 3.24 Å². The molecule has 0 amide bonds. The summed E-state index contributed by atoms with van der Waals surface area (Å²) in [5.74, 6) is 0. The molecular formula is C17H40BrN. The minimum Gasteiger partial charge on any atom is -0.312 e. The minimum absolute atomic E-state index is 0. The molecule has 0 aliphatic carbocycles. The third-order valence-electron chi connectivity index (χ3n) is 2.96. The highest BCUT2D eigenvalue weighted by molar-refractivity contribution is 8.93. The van der Waals surface area contributed by atoms with Crippen LogP contribution in [-0.4, -0.2) is 26.0 Å². The number of unbranched alkanes of at least 4 members (excludes halogenated alkanes) is 11. The third kappa shape index (κ3) is 38.1. The lowest BCUT2D eigenvalue weighted by molar-refractivity contribution is 0.505. The van der Waals surface area contributed by atoms with E-state index in [1.165, 1.54) is 77.0 Å². The van der Waals surface area contributed by atoms with Crippen LogP contribution in [0.2, 0.25) is 0 Å². The molecule has 0 fully saturated rings. The van der Waals surface area contributed by atoms with Crippen molar-refractivity contribution in [3.8, 4) is 0 Å². The predicted octanol–water partition coefficient (Wildman–Crippen LogP) is 6.46. The fraction of sp³-hybridized carbons (Fsp3) is 1.00. The molecule has 120 valence electrons. The molecule has 0 aliphatic heterocycles. The molecule has 0 atom stereocenters. The fourth-order valence-electron chi connectivity index (χ4n) is 1.91. The molecule has 0 aromatic heterocycles. The lowest BCUT2D eigenvalue weighted by Gasteiger charge is -2.01. The van der Waals surface area contributed by atoms with Crippen LogP contribution >= 0.6 is 17.0 Å². The first-order chi connectivity index (χ1) is 8.65. The summed E-state index contributed by atoms with van der Waals surface area (Å²) in [6, 6.07) is 0. The lowest BCUT2D eigenvalue weighted by Crippen LogP contribution is -1.99. The average molecular weight is 338 g/mol. The molecule has 0 aliphatic rings. The molecule has 0 rings (SSSR count). The van der Waals surface area contributed by atoms with Crippen molar-refractivity contribution >= 4 is 17.0 Å². The van der Waals surface area contributed by atoms with Gasteiger partial charge in [-0.1, -0.05) is 90.9 Å². The van der Waals surface area contributed by atoms with Crippen LogP contribution < -0.4 is 0 Å². The van der Waals surface area contributed by atoms with Crippen molar-refractivity contribution in [2.75, 3.05) is 21.1 Å². The molecule has 0 unspecified atom stereocenters. The van der Waals surface area contributed by atoms with Crippen molar-refractivity contribution in [3.05, 3.63) is 0 Å². The zero-order valence-electron chi connectivity index (χ0n) is 14.3. The second-order valence-electron chi connectivity index (χ2n) is 5.88. The van der Waals surface area contributed by atoms with E-state index in [0.29, 0.717) is 0 Å². The Hall–Kier alpha value is 0.440. The molecule has 0 N–H and O–H groups in total. The van der Waals surface area contributed by atoms with Gasteiger partial charge < -0.3 is 4.90 Å². The van der Waals surface area contributed by atoms with Crippen LogP contribution in [0.15, 0.2) is 0 Å². The Morgan fingerprint density at radius 1 is 0.474 bits per heavy atom. The van der Waals surface area contributed by atoms with E-state index in [-0.39, 0.29) is 17.0 Å². The van der Waals surface area contributed by atoms with E-state index in [9.17, 15) is 0 Å². The van der Waals surface area contributed by atoms with Gasteiger partial charge in [0.2, 0.25) is 0 Å². The summed E-state index contributed by atoms with van der Waals surface area (Å²) in [6.07, 6.45) is 17.4. The van der Waals surface area contributed by atoms with E-state index in [1.807, 2.05) is 26.0 Å². The van der Waals surface area contributed by atoms with Crippen molar-refractivity contribution in [1.82, 2.24) is 4.90 Å². The first-order valence-electron chi connectivity index (χ1n) is 8.26. The quantitative estimate of drug-likeness (QED) is 0.391. The van der Waals surface area contributed by atoms with Crippen LogP contribution in [0.4, 0.5) is 0 Å². The van der Waals surface area contributed by atoms with E-state index in [2.05, 4.69) is 13.8 Å². The maximum atomic E-state index is 2.29. The molecule has 0 bridgehead atoms. The predicted molar refractivity (Wildman–Crippen MR) is 96.7 cm³/mol.